The molecule has 5 heteroatoms. The van der Waals surface area contributed by atoms with Gasteiger partial charge in [-0.15, -0.1) is 0 Å². The number of carbonyl (C=O) groups excluding carboxylic acids is 1. The van der Waals surface area contributed by atoms with Crippen molar-refractivity contribution >= 4 is 17.9 Å². The van der Waals surface area contributed by atoms with E-state index in [-0.39, 0.29) is 5.70 Å². The Morgan fingerprint density at radius 2 is 1.81 bits per heavy atom. The summed E-state index contributed by atoms with van der Waals surface area (Å²) in [5, 5.41) is 0. The van der Waals surface area contributed by atoms with Gasteiger partial charge in [-0.3, -0.25) is 0 Å². The highest BCUT2D eigenvalue weighted by Crippen LogP contribution is 2.25. The van der Waals surface area contributed by atoms with Crippen molar-refractivity contribution < 1.29 is 19.0 Å². The third-order valence-corrected chi connectivity index (χ3v) is 4.00. The van der Waals surface area contributed by atoms with Crippen LogP contribution in [0.25, 0.3) is 6.08 Å². The standard InChI is InChI=1S/C22H23NO4/c1-3-5-14-26-20-9-7-6-8-17(20)15-19-22(24)27-21(23-19)16-10-12-18(13-11-16)25-4-2/h6-13,15H,3-5,14H2,1-2H3/b19-15+. The first-order valence-electron chi connectivity index (χ1n) is 9.19. The van der Waals surface area contributed by atoms with Gasteiger partial charge in [0.25, 0.3) is 0 Å². The number of nitrogens with zero attached hydrogens (tertiary/aromatic N) is 1. The highest BCUT2D eigenvalue weighted by Gasteiger charge is 2.24. The summed E-state index contributed by atoms with van der Waals surface area (Å²) in [6.45, 7) is 5.28. The fourth-order valence-electron chi connectivity index (χ4n) is 2.60. The summed E-state index contributed by atoms with van der Waals surface area (Å²) >= 11 is 0. The van der Waals surface area contributed by atoms with Gasteiger partial charge in [-0.25, -0.2) is 9.79 Å². The number of hydrogen-bond donors (Lipinski definition) is 0. The van der Waals surface area contributed by atoms with Gasteiger partial charge in [0, 0.05) is 11.1 Å². The monoisotopic (exact) mass is 365 g/mol. The van der Waals surface area contributed by atoms with Crippen LogP contribution in [0.4, 0.5) is 0 Å². The largest absolute Gasteiger partial charge is 0.494 e. The van der Waals surface area contributed by atoms with E-state index in [1.54, 1.807) is 6.08 Å². The molecular weight excluding hydrogens is 342 g/mol. The Labute approximate surface area is 159 Å². The van der Waals surface area contributed by atoms with E-state index in [4.69, 9.17) is 14.2 Å². The summed E-state index contributed by atoms with van der Waals surface area (Å²) in [6, 6.07) is 14.9. The Kier molecular flexibility index (Phi) is 6.26. The maximum absolute atomic E-state index is 12.2. The zero-order valence-electron chi connectivity index (χ0n) is 15.6. The number of esters is 1. The molecule has 0 aromatic heterocycles. The molecule has 0 spiro atoms. The molecule has 2 aromatic rings. The van der Waals surface area contributed by atoms with Crippen molar-refractivity contribution in [1.29, 1.82) is 0 Å². The number of aliphatic imine (C=N–C) groups is 1. The van der Waals surface area contributed by atoms with Crippen LogP contribution < -0.4 is 9.47 Å². The van der Waals surface area contributed by atoms with Crippen LogP contribution in [0, 0.1) is 0 Å². The molecular formula is C22H23NO4. The molecule has 140 valence electrons. The van der Waals surface area contributed by atoms with E-state index in [2.05, 4.69) is 11.9 Å². The summed E-state index contributed by atoms with van der Waals surface area (Å²) in [5.74, 6) is 1.32. The van der Waals surface area contributed by atoms with Crippen LogP contribution in [0.5, 0.6) is 11.5 Å². The minimum absolute atomic E-state index is 0.255. The minimum atomic E-state index is -0.470. The summed E-state index contributed by atoms with van der Waals surface area (Å²) in [7, 11) is 0. The lowest BCUT2D eigenvalue weighted by Gasteiger charge is -2.08. The molecule has 3 rings (SSSR count). The van der Waals surface area contributed by atoms with Crippen molar-refractivity contribution in [2.75, 3.05) is 13.2 Å². The normalized spacial score (nSPS) is 14.8. The third-order valence-electron chi connectivity index (χ3n) is 4.00. The molecule has 0 fully saturated rings. The Bertz CT molecular complexity index is 853. The second kappa shape index (κ2) is 9.03. The molecule has 0 unspecified atom stereocenters. The Morgan fingerprint density at radius 3 is 2.56 bits per heavy atom. The molecule has 5 nitrogen and oxygen atoms in total. The molecule has 1 aliphatic rings. The maximum atomic E-state index is 12.2. The van der Waals surface area contributed by atoms with Crippen molar-refractivity contribution in [2.24, 2.45) is 4.99 Å². The number of carbonyl (C=O) groups is 1. The summed E-state index contributed by atoms with van der Waals surface area (Å²) < 4.78 is 16.6. The van der Waals surface area contributed by atoms with Gasteiger partial charge in [0.15, 0.2) is 5.70 Å². The lowest BCUT2D eigenvalue weighted by atomic mass is 10.1. The molecule has 27 heavy (non-hydrogen) atoms. The minimum Gasteiger partial charge on any atom is -0.494 e. The first-order valence-corrected chi connectivity index (χ1v) is 9.19. The SMILES string of the molecule is CCCCOc1ccccc1/C=C1/N=C(c2ccc(OCC)cc2)OC1=O. The summed E-state index contributed by atoms with van der Waals surface area (Å²) in [5.41, 5.74) is 1.78. The second-order valence-electron chi connectivity index (χ2n) is 6.03. The number of ether oxygens (including phenoxy) is 3. The second-order valence-corrected chi connectivity index (χ2v) is 6.03. The van der Waals surface area contributed by atoms with Crippen molar-refractivity contribution in [3.63, 3.8) is 0 Å². The Balaban J connectivity index is 1.81. The zero-order chi connectivity index (χ0) is 19.1. The van der Waals surface area contributed by atoms with Gasteiger partial charge in [0.05, 0.1) is 13.2 Å². The topological polar surface area (TPSA) is 57.1 Å². The van der Waals surface area contributed by atoms with E-state index in [0.717, 1.165) is 35.5 Å². The van der Waals surface area contributed by atoms with Gasteiger partial charge < -0.3 is 14.2 Å². The fourth-order valence-corrected chi connectivity index (χ4v) is 2.60. The first-order chi connectivity index (χ1) is 13.2. The molecule has 0 radical (unpaired) electrons. The van der Waals surface area contributed by atoms with Gasteiger partial charge in [-0.05, 0) is 49.8 Å². The number of para-hydroxylation sites is 1. The average molecular weight is 365 g/mol. The van der Waals surface area contributed by atoms with Crippen LogP contribution >= 0.6 is 0 Å². The highest BCUT2D eigenvalue weighted by molar-refractivity contribution is 6.13. The molecule has 0 bridgehead atoms. The molecule has 2 aromatic carbocycles. The van der Waals surface area contributed by atoms with Crippen molar-refractivity contribution in [1.82, 2.24) is 0 Å². The van der Waals surface area contributed by atoms with E-state index < -0.39 is 5.97 Å². The maximum Gasteiger partial charge on any atom is 0.363 e. The number of hydrogen-bond acceptors (Lipinski definition) is 5. The summed E-state index contributed by atoms with van der Waals surface area (Å²) in [4.78, 5) is 16.6. The Hall–Kier alpha value is -3.08. The van der Waals surface area contributed by atoms with Gasteiger partial charge in [-0.1, -0.05) is 31.5 Å². The molecule has 0 saturated heterocycles. The van der Waals surface area contributed by atoms with Crippen molar-refractivity contribution in [3.05, 3.63) is 65.4 Å². The highest BCUT2D eigenvalue weighted by atomic mass is 16.6. The van der Waals surface area contributed by atoms with Crippen LogP contribution in [0.15, 0.2) is 59.2 Å². The molecule has 0 amide bonds. The van der Waals surface area contributed by atoms with Crippen LogP contribution in [-0.4, -0.2) is 25.1 Å². The lowest BCUT2D eigenvalue weighted by molar-refractivity contribution is -0.129. The fraction of sp³-hybridized carbons (Fsp3) is 0.273. The average Bonchev–Trinajstić information content (AvgIpc) is 3.05. The molecule has 0 N–H and O–H groups in total. The van der Waals surface area contributed by atoms with Crippen molar-refractivity contribution in [2.45, 2.75) is 26.7 Å². The van der Waals surface area contributed by atoms with E-state index in [1.165, 1.54) is 0 Å². The van der Waals surface area contributed by atoms with Gasteiger partial charge in [0.1, 0.15) is 11.5 Å². The number of benzene rings is 2. The number of rotatable bonds is 8. The van der Waals surface area contributed by atoms with Crippen LogP contribution in [-0.2, 0) is 9.53 Å². The predicted octanol–water partition coefficient (Wildman–Crippen LogP) is 4.61. The molecule has 1 aliphatic heterocycles. The van der Waals surface area contributed by atoms with Crippen LogP contribution in [0.2, 0.25) is 0 Å². The van der Waals surface area contributed by atoms with Crippen LogP contribution in [0.3, 0.4) is 0 Å². The molecule has 1 heterocycles. The number of cyclic esters (lactones) is 1. The quantitative estimate of drug-likeness (QED) is 0.389. The first kappa shape index (κ1) is 18.7. The van der Waals surface area contributed by atoms with Crippen molar-refractivity contribution in [3.8, 4) is 11.5 Å². The molecule has 0 saturated carbocycles. The van der Waals surface area contributed by atoms with Gasteiger partial charge >= 0.3 is 5.97 Å². The molecule has 0 aliphatic carbocycles. The Morgan fingerprint density at radius 1 is 1.04 bits per heavy atom. The van der Waals surface area contributed by atoms with E-state index in [9.17, 15) is 4.79 Å². The van der Waals surface area contributed by atoms with E-state index >= 15 is 0 Å². The number of unbranched alkanes of at least 4 members (excludes halogenated alkanes) is 1. The van der Waals surface area contributed by atoms with E-state index in [0.29, 0.717) is 19.1 Å². The zero-order valence-corrected chi connectivity index (χ0v) is 15.6. The van der Waals surface area contributed by atoms with E-state index in [1.807, 2.05) is 55.5 Å². The predicted molar refractivity (Wildman–Crippen MR) is 105 cm³/mol. The van der Waals surface area contributed by atoms with Gasteiger partial charge in [0.2, 0.25) is 5.90 Å². The summed E-state index contributed by atoms with van der Waals surface area (Å²) in [6.07, 6.45) is 3.74. The smallest absolute Gasteiger partial charge is 0.363 e. The van der Waals surface area contributed by atoms with Crippen LogP contribution in [0.1, 0.15) is 37.8 Å². The molecule has 0 atom stereocenters. The lowest BCUT2D eigenvalue weighted by Crippen LogP contribution is -2.05. The third kappa shape index (κ3) is 4.76. The van der Waals surface area contributed by atoms with Gasteiger partial charge in [-0.2, -0.15) is 0 Å².